The van der Waals surface area contributed by atoms with E-state index in [1.54, 1.807) is 6.92 Å². The minimum absolute atomic E-state index is 0.104. The molecule has 0 aromatic heterocycles. The van der Waals surface area contributed by atoms with Gasteiger partial charge in [0.2, 0.25) is 15.8 Å². The van der Waals surface area contributed by atoms with Gasteiger partial charge >= 0.3 is 5.69 Å². The van der Waals surface area contributed by atoms with Gasteiger partial charge in [-0.2, -0.15) is 8.70 Å². The highest BCUT2D eigenvalue weighted by Crippen LogP contribution is 2.29. The van der Waals surface area contributed by atoms with Crippen molar-refractivity contribution in [1.82, 2.24) is 4.31 Å². The summed E-state index contributed by atoms with van der Waals surface area (Å²) in [7, 11) is -4.10. The van der Waals surface area contributed by atoms with Gasteiger partial charge in [-0.1, -0.05) is 33.3 Å². The fourth-order valence-corrected chi connectivity index (χ4v) is 3.63. The van der Waals surface area contributed by atoms with Crippen LogP contribution >= 0.6 is 0 Å². The van der Waals surface area contributed by atoms with Crippen LogP contribution in [0.1, 0.15) is 27.2 Å². The summed E-state index contributed by atoms with van der Waals surface area (Å²) in [5.41, 5.74) is -1.000. The van der Waals surface area contributed by atoms with Crippen LogP contribution in [0.4, 0.5) is 10.1 Å². The number of nitro groups is 1. The number of hydrogen-bond donors (Lipinski definition) is 0. The van der Waals surface area contributed by atoms with Crippen LogP contribution in [0.5, 0.6) is 0 Å². The zero-order valence-corrected chi connectivity index (χ0v) is 13.1. The molecule has 1 rings (SSSR count). The molecule has 0 saturated carbocycles. The molecule has 0 aliphatic heterocycles. The Kier molecular flexibility index (Phi) is 5.79. The zero-order chi connectivity index (χ0) is 16.2. The number of para-hydroxylation sites is 1. The molecular weight excluding hydrogens is 299 g/mol. The van der Waals surface area contributed by atoms with Crippen LogP contribution in [-0.4, -0.2) is 30.7 Å². The highest BCUT2D eigenvalue weighted by molar-refractivity contribution is 7.89. The van der Waals surface area contributed by atoms with Crippen LogP contribution in [0.2, 0.25) is 0 Å². The third-order valence-electron chi connectivity index (χ3n) is 3.32. The number of nitrogens with zero attached hydrogens (tertiary/aromatic N) is 2. The third kappa shape index (κ3) is 3.76. The summed E-state index contributed by atoms with van der Waals surface area (Å²) in [4.78, 5) is 9.36. The van der Waals surface area contributed by atoms with Gasteiger partial charge in [-0.15, -0.1) is 0 Å². The number of benzene rings is 1. The first-order valence-electron chi connectivity index (χ1n) is 6.68. The predicted molar refractivity (Wildman–Crippen MR) is 76.9 cm³/mol. The van der Waals surface area contributed by atoms with Crippen molar-refractivity contribution >= 4 is 15.7 Å². The van der Waals surface area contributed by atoms with Crippen molar-refractivity contribution in [1.29, 1.82) is 0 Å². The van der Waals surface area contributed by atoms with E-state index in [2.05, 4.69) is 0 Å². The van der Waals surface area contributed by atoms with Crippen LogP contribution in [0.25, 0.3) is 0 Å². The highest BCUT2D eigenvalue weighted by Gasteiger charge is 2.33. The molecule has 0 radical (unpaired) electrons. The van der Waals surface area contributed by atoms with E-state index in [-0.39, 0.29) is 19.0 Å². The molecule has 8 heteroatoms. The zero-order valence-electron chi connectivity index (χ0n) is 12.2. The molecule has 0 amide bonds. The molecule has 0 heterocycles. The summed E-state index contributed by atoms with van der Waals surface area (Å²) in [5, 5.41) is 11.0. The van der Waals surface area contributed by atoms with E-state index >= 15 is 0 Å². The summed E-state index contributed by atoms with van der Waals surface area (Å²) in [6, 6.07) is 3.10. The number of rotatable bonds is 7. The Morgan fingerprint density at radius 1 is 1.38 bits per heavy atom. The summed E-state index contributed by atoms with van der Waals surface area (Å²) < 4.78 is 39.8. The summed E-state index contributed by atoms with van der Waals surface area (Å²) in [6.07, 6.45) is 0.775. The fourth-order valence-electron chi connectivity index (χ4n) is 1.89. The van der Waals surface area contributed by atoms with E-state index in [0.29, 0.717) is 0 Å². The topological polar surface area (TPSA) is 80.5 Å². The molecule has 0 bridgehead atoms. The van der Waals surface area contributed by atoms with Gasteiger partial charge in [0.25, 0.3) is 0 Å². The van der Waals surface area contributed by atoms with Gasteiger partial charge in [0.05, 0.1) is 4.92 Å². The normalized spacial score (nSPS) is 13.4. The Balaban J connectivity index is 3.36. The second kappa shape index (κ2) is 6.95. The van der Waals surface area contributed by atoms with Crippen molar-refractivity contribution < 1.29 is 17.7 Å². The van der Waals surface area contributed by atoms with E-state index in [4.69, 9.17) is 0 Å². The molecule has 0 saturated heterocycles. The second-order valence-electron chi connectivity index (χ2n) is 4.81. The summed E-state index contributed by atoms with van der Waals surface area (Å²) in [6.45, 7) is 5.86. The molecule has 118 valence electrons. The minimum Gasteiger partial charge on any atom is -0.258 e. The van der Waals surface area contributed by atoms with Gasteiger partial charge < -0.3 is 0 Å². The largest absolute Gasteiger partial charge is 0.324 e. The molecule has 0 spiro atoms. The molecule has 0 fully saturated rings. The Morgan fingerprint density at radius 2 is 2.00 bits per heavy atom. The molecule has 1 atom stereocenters. The van der Waals surface area contributed by atoms with Gasteiger partial charge in [0.1, 0.15) is 0 Å². The van der Waals surface area contributed by atoms with Crippen LogP contribution in [0.3, 0.4) is 0 Å². The van der Waals surface area contributed by atoms with Crippen molar-refractivity contribution in [2.75, 3.05) is 13.1 Å². The Hall–Kier alpha value is -1.54. The standard InChI is InChI=1S/C13H19FN2O4S/c1-4-10(3)9-15(5-2)21(19,20)12-8-6-7-11(14)13(12)16(17)18/h6-8,10H,4-5,9H2,1-3H3. The first-order chi connectivity index (χ1) is 9.75. The molecule has 1 aromatic carbocycles. The molecule has 1 unspecified atom stereocenters. The third-order valence-corrected chi connectivity index (χ3v) is 5.29. The van der Waals surface area contributed by atoms with Crippen LogP contribution in [-0.2, 0) is 10.0 Å². The highest BCUT2D eigenvalue weighted by atomic mass is 32.2. The number of halogens is 1. The SMILES string of the molecule is CCC(C)CN(CC)S(=O)(=O)c1cccc(F)c1[N+](=O)[O-]. The van der Waals surface area contributed by atoms with Crippen LogP contribution in [0, 0.1) is 21.8 Å². The number of sulfonamides is 1. The first-order valence-corrected chi connectivity index (χ1v) is 8.12. The van der Waals surface area contributed by atoms with Crippen molar-refractivity contribution in [3.8, 4) is 0 Å². The Labute approximate surface area is 123 Å². The summed E-state index contributed by atoms with van der Waals surface area (Å²) in [5.74, 6) is -1.05. The monoisotopic (exact) mass is 318 g/mol. The van der Waals surface area contributed by atoms with Crippen molar-refractivity contribution in [2.24, 2.45) is 5.92 Å². The molecule has 0 aliphatic rings. The van der Waals surface area contributed by atoms with E-state index < -0.39 is 31.3 Å². The van der Waals surface area contributed by atoms with Gasteiger partial charge in [0.15, 0.2) is 4.90 Å². The molecule has 1 aromatic rings. The quantitative estimate of drug-likeness (QED) is 0.572. The fraction of sp³-hybridized carbons (Fsp3) is 0.538. The second-order valence-corrected chi connectivity index (χ2v) is 6.72. The maximum Gasteiger partial charge on any atom is 0.324 e. The average Bonchev–Trinajstić information content (AvgIpc) is 2.43. The molecule has 21 heavy (non-hydrogen) atoms. The maximum atomic E-state index is 13.6. The average molecular weight is 318 g/mol. The van der Waals surface area contributed by atoms with Gasteiger partial charge in [-0.3, -0.25) is 10.1 Å². The number of hydrogen-bond acceptors (Lipinski definition) is 4. The lowest BCUT2D eigenvalue weighted by atomic mass is 10.1. The maximum absolute atomic E-state index is 13.6. The Bertz CT molecular complexity index is 619. The molecular formula is C13H19FN2O4S. The van der Waals surface area contributed by atoms with E-state index in [1.165, 1.54) is 0 Å². The number of nitro benzene ring substituents is 1. The summed E-state index contributed by atoms with van der Waals surface area (Å²) >= 11 is 0. The molecule has 6 nitrogen and oxygen atoms in total. The first kappa shape index (κ1) is 17.5. The van der Waals surface area contributed by atoms with E-state index in [9.17, 15) is 22.9 Å². The predicted octanol–water partition coefficient (Wildman–Crippen LogP) is 2.79. The van der Waals surface area contributed by atoms with Crippen LogP contribution in [0.15, 0.2) is 23.1 Å². The van der Waals surface area contributed by atoms with Crippen molar-refractivity contribution in [3.63, 3.8) is 0 Å². The van der Waals surface area contributed by atoms with E-state index in [1.807, 2.05) is 13.8 Å². The Morgan fingerprint density at radius 3 is 2.48 bits per heavy atom. The molecule has 0 N–H and O–H groups in total. The minimum atomic E-state index is -4.10. The lowest BCUT2D eigenvalue weighted by Gasteiger charge is -2.23. The lowest BCUT2D eigenvalue weighted by Crippen LogP contribution is -2.35. The van der Waals surface area contributed by atoms with Crippen molar-refractivity contribution in [3.05, 3.63) is 34.1 Å². The van der Waals surface area contributed by atoms with Gasteiger partial charge in [-0.25, -0.2) is 8.42 Å². The van der Waals surface area contributed by atoms with Gasteiger partial charge in [0, 0.05) is 13.1 Å². The van der Waals surface area contributed by atoms with E-state index in [0.717, 1.165) is 28.9 Å². The lowest BCUT2D eigenvalue weighted by molar-refractivity contribution is -0.390. The molecule has 0 aliphatic carbocycles. The smallest absolute Gasteiger partial charge is 0.258 e. The van der Waals surface area contributed by atoms with Crippen LogP contribution < -0.4 is 0 Å². The van der Waals surface area contributed by atoms with Gasteiger partial charge in [-0.05, 0) is 18.1 Å². The van der Waals surface area contributed by atoms with Crippen molar-refractivity contribution in [2.45, 2.75) is 32.1 Å².